The number of aromatic nitrogens is 1. The highest BCUT2D eigenvalue weighted by molar-refractivity contribution is 14.0. The van der Waals surface area contributed by atoms with Crippen LogP contribution in [0.15, 0.2) is 10.4 Å². The average molecular weight is 520 g/mol. The molecule has 0 aromatic carbocycles. The van der Waals surface area contributed by atoms with Crippen molar-refractivity contribution in [2.75, 3.05) is 44.7 Å². The number of thiazole rings is 1. The summed E-state index contributed by atoms with van der Waals surface area (Å²) in [5, 5.41) is 10.1. The van der Waals surface area contributed by atoms with Crippen molar-refractivity contribution in [3.63, 3.8) is 0 Å². The monoisotopic (exact) mass is 520 g/mol. The van der Waals surface area contributed by atoms with Gasteiger partial charge >= 0.3 is 0 Å². The average Bonchev–Trinajstić information content (AvgIpc) is 3.40. The molecule has 1 atom stereocenters. The number of guanidine groups is 1. The van der Waals surface area contributed by atoms with Crippen molar-refractivity contribution in [2.24, 2.45) is 10.9 Å². The van der Waals surface area contributed by atoms with E-state index in [9.17, 15) is 4.79 Å². The normalized spacial score (nSPS) is 19.9. The first-order valence-corrected chi connectivity index (χ1v) is 10.9. The highest BCUT2D eigenvalue weighted by Gasteiger charge is 2.27. The molecule has 2 aliphatic rings. The standard InChI is InChI=1S/C19H32N6OS.HI/c1-14(2)17(26)25-11-7-15(12-25)22-18(20-3)21-8-6-16-13-27-19(23-16)24-9-4-5-10-24;/h13-15H,4-12H2,1-3H3,(H2,20,21,22);1H. The SMILES string of the molecule is CN=C(NCCc1csc(N2CCCC2)n1)NC1CCN(C(=O)C(C)C)C1.I. The van der Waals surface area contributed by atoms with Crippen molar-refractivity contribution in [3.05, 3.63) is 11.1 Å². The summed E-state index contributed by atoms with van der Waals surface area (Å²) >= 11 is 1.75. The predicted octanol–water partition coefficient (Wildman–Crippen LogP) is 2.33. The number of amides is 1. The first-order chi connectivity index (χ1) is 13.1. The molecule has 0 saturated carbocycles. The molecule has 7 nitrogen and oxygen atoms in total. The maximum Gasteiger partial charge on any atom is 0.225 e. The Morgan fingerprint density at radius 1 is 1.36 bits per heavy atom. The second kappa shape index (κ2) is 11.2. The van der Waals surface area contributed by atoms with Crippen LogP contribution in [0.4, 0.5) is 5.13 Å². The number of nitrogens with zero attached hydrogens (tertiary/aromatic N) is 4. The van der Waals surface area contributed by atoms with E-state index in [0.29, 0.717) is 0 Å². The first kappa shape index (κ1) is 23.2. The van der Waals surface area contributed by atoms with Gasteiger partial charge in [-0.2, -0.15) is 0 Å². The van der Waals surface area contributed by atoms with Gasteiger partial charge in [-0.15, -0.1) is 35.3 Å². The van der Waals surface area contributed by atoms with Crippen molar-refractivity contribution < 1.29 is 4.79 Å². The number of aliphatic imine (C=N–C) groups is 1. The molecule has 2 N–H and O–H groups in total. The van der Waals surface area contributed by atoms with Crippen LogP contribution in [-0.4, -0.2) is 67.6 Å². The number of hydrogen-bond acceptors (Lipinski definition) is 5. The molecular weight excluding hydrogens is 487 g/mol. The van der Waals surface area contributed by atoms with E-state index in [-0.39, 0.29) is 41.8 Å². The molecule has 1 aromatic heterocycles. The Labute approximate surface area is 189 Å². The van der Waals surface area contributed by atoms with Crippen molar-refractivity contribution in [1.82, 2.24) is 20.5 Å². The van der Waals surface area contributed by atoms with Crippen molar-refractivity contribution >= 4 is 52.3 Å². The van der Waals surface area contributed by atoms with Crippen molar-refractivity contribution in [3.8, 4) is 0 Å². The summed E-state index contributed by atoms with van der Waals surface area (Å²) in [5.74, 6) is 1.10. The molecule has 0 aliphatic carbocycles. The van der Waals surface area contributed by atoms with Crippen LogP contribution in [0, 0.1) is 5.92 Å². The maximum absolute atomic E-state index is 12.1. The van der Waals surface area contributed by atoms with E-state index in [2.05, 4.69) is 25.9 Å². The van der Waals surface area contributed by atoms with Gasteiger partial charge in [-0.1, -0.05) is 13.8 Å². The zero-order valence-electron chi connectivity index (χ0n) is 17.1. The summed E-state index contributed by atoms with van der Waals surface area (Å²) in [6, 6.07) is 0.264. The van der Waals surface area contributed by atoms with Gasteiger partial charge in [0.1, 0.15) is 0 Å². The number of rotatable bonds is 6. The highest BCUT2D eigenvalue weighted by Crippen LogP contribution is 2.24. The second-order valence-electron chi connectivity index (χ2n) is 7.63. The zero-order valence-corrected chi connectivity index (χ0v) is 20.3. The lowest BCUT2D eigenvalue weighted by atomic mass is 10.2. The van der Waals surface area contributed by atoms with Crippen LogP contribution in [0.2, 0.25) is 0 Å². The van der Waals surface area contributed by atoms with E-state index in [1.165, 1.54) is 12.8 Å². The molecule has 2 aliphatic heterocycles. The quantitative estimate of drug-likeness (QED) is 0.342. The van der Waals surface area contributed by atoms with Crippen molar-refractivity contribution in [2.45, 2.75) is 45.6 Å². The molecule has 0 bridgehead atoms. The van der Waals surface area contributed by atoms with Crippen LogP contribution >= 0.6 is 35.3 Å². The largest absolute Gasteiger partial charge is 0.356 e. The summed E-state index contributed by atoms with van der Waals surface area (Å²) in [4.78, 5) is 25.5. The fraction of sp³-hybridized carbons (Fsp3) is 0.737. The number of nitrogens with one attached hydrogen (secondary N) is 2. The van der Waals surface area contributed by atoms with Crippen LogP contribution < -0.4 is 15.5 Å². The Morgan fingerprint density at radius 3 is 2.79 bits per heavy atom. The Bertz CT molecular complexity index is 659. The van der Waals surface area contributed by atoms with Gasteiger partial charge < -0.3 is 20.4 Å². The highest BCUT2D eigenvalue weighted by atomic mass is 127. The van der Waals surface area contributed by atoms with Gasteiger partial charge in [0, 0.05) is 63.5 Å². The number of halogens is 1. The van der Waals surface area contributed by atoms with E-state index in [4.69, 9.17) is 4.98 Å². The van der Waals surface area contributed by atoms with E-state index >= 15 is 0 Å². The van der Waals surface area contributed by atoms with Gasteiger partial charge in [-0.05, 0) is 19.3 Å². The van der Waals surface area contributed by atoms with E-state index in [1.807, 2.05) is 18.7 Å². The molecule has 1 aromatic rings. The molecule has 2 saturated heterocycles. The number of carbonyl (C=O) groups is 1. The van der Waals surface area contributed by atoms with E-state index < -0.39 is 0 Å². The van der Waals surface area contributed by atoms with Gasteiger partial charge in [0.25, 0.3) is 0 Å². The van der Waals surface area contributed by atoms with Crippen LogP contribution in [0.5, 0.6) is 0 Å². The van der Waals surface area contributed by atoms with Gasteiger partial charge in [0.15, 0.2) is 11.1 Å². The zero-order chi connectivity index (χ0) is 19.2. The third-order valence-corrected chi connectivity index (χ3v) is 6.10. The minimum absolute atomic E-state index is 0. The van der Waals surface area contributed by atoms with Gasteiger partial charge in [-0.25, -0.2) is 4.98 Å². The summed E-state index contributed by atoms with van der Waals surface area (Å²) in [6.07, 6.45) is 4.40. The number of anilines is 1. The lowest BCUT2D eigenvalue weighted by molar-refractivity contribution is -0.133. The number of likely N-dealkylation sites (tertiary alicyclic amines) is 1. The third-order valence-electron chi connectivity index (χ3n) is 5.15. The fourth-order valence-electron chi connectivity index (χ4n) is 3.61. The van der Waals surface area contributed by atoms with Crippen LogP contribution in [-0.2, 0) is 11.2 Å². The first-order valence-electron chi connectivity index (χ1n) is 10.0. The Morgan fingerprint density at radius 2 is 2.11 bits per heavy atom. The lowest BCUT2D eigenvalue weighted by Crippen LogP contribution is -2.45. The van der Waals surface area contributed by atoms with Gasteiger partial charge in [0.2, 0.25) is 5.91 Å². The van der Waals surface area contributed by atoms with Crippen LogP contribution in [0.1, 0.15) is 38.8 Å². The number of carbonyl (C=O) groups excluding carboxylic acids is 1. The summed E-state index contributed by atoms with van der Waals surface area (Å²) in [5.41, 5.74) is 1.14. The molecular formula is C19H33IN6OS. The molecule has 0 spiro atoms. The van der Waals surface area contributed by atoms with Crippen molar-refractivity contribution in [1.29, 1.82) is 0 Å². The number of hydrogen-bond donors (Lipinski definition) is 2. The van der Waals surface area contributed by atoms with Gasteiger partial charge in [-0.3, -0.25) is 9.79 Å². The molecule has 1 amide bonds. The van der Waals surface area contributed by atoms with E-state index in [1.54, 1.807) is 18.4 Å². The fourth-order valence-corrected chi connectivity index (χ4v) is 4.52. The molecule has 0 radical (unpaired) electrons. The lowest BCUT2D eigenvalue weighted by Gasteiger charge is -2.20. The van der Waals surface area contributed by atoms with Crippen LogP contribution in [0.25, 0.3) is 0 Å². The molecule has 3 heterocycles. The topological polar surface area (TPSA) is 72.9 Å². The second-order valence-corrected chi connectivity index (χ2v) is 8.47. The third kappa shape index (κ3) is 6.20. The smallest absolute Gasteiger partial charge is 0.225 e. The Kier molecular flexibility index (Phi) is 9.26. The van der Waals surface area contributed by atoms with Crippen LogP contribution in [0.3, 0.4) is 0 Å². The molecule has 28 heavy (non-hydrogen) atoms. The summed E-state index contributed by atoms with van der Waals surface area (Å²) in [6.45, 7) is 8.56. The molecule has 158 valence electrons. The Hall–Kier alpha value is -1.10. The molecule has 3 rings (SSSR count). The Balaban J connectivity index is 0.00000280. The summed E-state index contributed by atoms with van der Waals surface area (Å²) < 4.78 is 0. The summed E-state index contributed by atoms with van der Waals surface area (Å²) in [7, 11) is 1.79. The van der Waals surface area contributed by atoms with Gasteiger partial charge in [0.05, 0.1) is 5.69 Å². The minimum Gasteiger partial charge on any atom is -0.356 e. The molecule has 2 fully saturated rings. The predicted molar refractivity (Wildman–Crippen MR) is 127 cm³/mol. The molecule has 1 unspecified atom stereocenters. The molecule has 9 heteroatoms. The van der Waals surface area contributed by atoms with E-state index in [0.717, 1.165) is 62.4 Å². The minimum atomic E-state index is 0. The maximum atomic E-state index is 12.1.